The normalized spacial score (nSPS) is 24.8. The first kappa shape index (κ1) is 17.4. The molecular weight excluding hydrogens is 295 g/mol. The molecule has 0 aromatic heterocycles. The number of aliphatic hydroxyl groups excluding tert-OH is 2. The molecule has 0 aromatic carbocycles. The molecule has 2 unspecified atom stereocenters. The number of aldehydes is 3. The fourth-order valence-corrected chi connectivity index (χ4v) is 1.60. The number of hydrogen-bond donors (Lipinski definition) is 5. The van der Waals surface area contributed by atoms with Crippen molar-refractivity contribution in [2.24, 2.45) is 0 Å². The molecule has 8 nitrogen and oxygen atoms in total. The monoisotopic (exact) mass is 304 g/mol. The third-order valence-corrected chi connectivity index (χ3v) is 3.14. The van der Waals surface area contributed by atoms with Gasteiger partial charge in [-0.25, -0.2) is 0 Å². The maximum atomic E-state index is 10.8. The smallest absolute Gasteiger partial charge is 0.199 e. The highest BCUT2D eigenvalue weighted by Crippen LogP contribution is 2.36. The van der Waals surface area contributed by atoms with Gasteiger partial charge in [-0.3, -0.25) is 14.4 Å². The van der Waals surface area contributed by atoms with Crippen LogP contribution in [-0.2, 0) is 14.4 Å². The zero-order valence-electron chi connectivity index (χ0n) is 8.60. The lowest BCUT2D eigenvalue weighted by Crippen LogP contribution is -2.76. The van der Waals surface area contributed by atoms with E-state index in [1.165, 1.54) is 0 Å². The summed E-state index contributed by atoms with van der Waals surface area (Å²) in [4.78, 5) is 32.2. The second kappa shape index (κ2) is 5.57. The van der Waals surface area contributed by atoms with E-state index in [0.29, 0.717) is 0 Å². The molecule has 0 saturated heterocycles. The quantitative estimate of drug-likeness (QED) is 0.245. The standard InChI is InChI=1S/C8H10Cl2O8/c9-4(14)6(16,1-11)8(18,3-13)7(17,2-12)5(10)15/h1-5,14-18H/t4?,5?,6-,7-,8?/m0/s1. The first-order valence-electron chi connectivity index (χ1n) is 4.27. The number of hydrogen-bond acceptors (Lipinski definition) is 8. The summed E-state index contributed by atoms with van der Waals surface area (Å²) in [7, 11) is 0. The first-order valence-corrected chi connectivity index (χ1v) is 5.15. The maximum absolute atomic E-state index is 10.8. The van der Waals surface area contributed by atoms with Crippen molar-refractivity contribution in [3.8, 4) is 0 Å². The van der Waals surface area contributed by atoms with Crippen LogP contribution < -0.4 is 0 Å². The van der Waals surface area contributed by atoms with E-state index in [2.05, 4.69) is 0 Å². The van der Waals surface area contributed by atoms with Gasteiger partial charge < -0.3 is 25.5 Å². The van der Waals surface area contributed by atoms with E-state index in [0.717, 1.165) is 0 Å². The van der Waals surface area contributed by atoms with Crippen molar-refractivity contribution in [3.63, 3.8) is 0 Å². The molecular formula is C8H10Cl2O8. The molecule has 0 aliphatic carbocycles. The highest BCUT2D eigenvalue weighted by molar-refractivity contribution is 6.23. The molecule has 0 aliphatic rings. The predicted octanol–water partition coefficient (Wildman–Crippen LogP) is -3.11. The molecule has 0 aliphatic heterocycles. The Kier molecular flexibility index (Phi) is 5.39. The average molecular weight is 305 g/mol. The molecule has 0 aromatic rings. The largest absolute Gasteiger partial charge is 0.376 e. The fraction of sp³-hybridized carbons (Fsp3) is 0.625. The first-order chi connectivity index (χ1) is 8.07. The second-order valence-electron chi connectivity index (χ2n) is 3.44. The summed E-state index contributed by atoms with van der Waals surface area (Å²) >= 11 is 10.0. The minimum absolute atomic E-state index is 0.577. The minimum atomic E-state index is -3.67. The van der Waals surface area contributed by atoms with E-state index in [1.54, 1.807) is 0 Å². The van der Waals surface area contributed by atoms with Crippen molar-refractivity contribution in [2.45, 2.75) is 27.9 Å². The van der Waals surface area contributed by atoms with E-state index in [9.17, 15) is 29.7 Å². The van der Waals surface area contributed by atoms with Gasteiger partial charge in [0, 0.05) is 0 Å². The van der Waals surface area contributed by atoms with Crippen LogP contribution in [0.1, 0.15) is 0 Å². The summed E-state index contributed by atoms with van der Waals surface area (Å²) in [6.07, 6.45) is -1.80. The Balaban J connectivity index is 6.13. The highest BCUT2D eigenvalue weighted by Gasteiger charge is 2.68. The van der Waals surface area contributed by atoms with E-state index in [1.807, 2.05) is 0 Å². The molecule has 0 rings (SSSR count). The summed E-state index contributed by atoms with van der Waals surface area (Å²) in [6.45, 7) is 0. The van der Waals surface area contributed by atoms with Crippen molar-refractivity contribution < 1.29 is 39.9 Å². The summed E-state index contributed by atoms with van der Waals surface area (Å²) in [5.74, 6) is 0. The van der Waals surface area contributed by atoms with Gasteiger partial charge in [-0.05, 0) is 0 Å². The topological polar surface area (TPSA) is 152 Å². The lowest BCUT2D eigenvalue weighted by molar-refractivity contribution is -0.237. The van der Waals surface area contributed by atoms with Crippen molar-refractivity contribution in [2.75, 3.05) is 0 Å². The molecule has 10 heteroatoms. The van der Waals surface area contributed by atoms with E-state index in [4.69, 9.17) is 33.4 Å². The Hall–Kier alpha value is -0.610. The highest BCUT2D eigenvalue weighted by atomic mass is 35.5. The van der Waals surface area contributed by atoms with Crippen LogP contribution in [0.25, 0.3) is 0 Å². The van der Waals surface area contributed by atoms with Gasteiger partial charge in [-0.1, -0.05) is 23.2 Å². The molecule has 18 heavy (non-hydrogen) atoms. The molecule has 5 N–H and O–H groups in total. The molecule has 0 fully saturated rings. The molecule has 104 valence electrons. The van der Waals surface area contributed by atoms with E-state index < -0.39 is 46.8 Å². The SMILES string of the molecule is O=CC(O)([C@](O)(C=O)C(O)Cl)[C@](O)(C=O)C(O)Cl. The number of aliphatic hydroxyl groups is 5. The predicted molar refractivity (Wildman–Crippen MR) is 56.8 cm³/mol. The Morgan fingerprint density at radius 3 is 1.17 bits per heavy atom. The molecule has 0 radical (unpaired) electrons. The number of carbonyl (C=O) groups excluding carboxylic acids is 3. The van der Waals surface area contributed by atoms with Gasteiger partial charge in [-0.2, -0.15) is 0 Å². The molecule has 0 saturated carbocycles. The summed E-state index contributed by atoms with van der Waals surface area (Å²) < 4.78 is 0. The van der Waals surface area contributed by atoms with Crippen molar-refractivity contribution >= 4 is 42.1 Å². The van der Waals surface area contributed by atoms with Crippen molar-refractivity contribution in [1.82, 2.24) is 0 Å². The van der Waals surface area contributed by atoms with Crippen molar-refractivity contribution in [3.05, 3.63) is 0 Å². The lowest BCUT2D eigenvalue weighted by Gasteiger charge is -2.44. The van der Waals surface area contributed by atoms with Gasteiger partial charge in [0.2, 0.25) is 0 Å². The van der Waals surface area contributed by atoms with Crippen LogP contribution in [0.4, 0.5) is 0 Å². The van der Waals surface area contributed by atoms with Gasteiger partial charge in [0.05, 0.1) is 0 Å². The summed E-state index contributed by atoms with van der Waals surface area (Å²) in [5, 5.41) is 47.0. The third kappa shape index (κ3) is 2.16. The molecule has 0 amide bonds. The molecule has 4 atom stereocenters. The lowest BCUT2D eigenvalue weighted by atomic mass is 9.73. The van der Waals surface area contributed by atoms with Crippen LogP contribution in [0.3, 0.4) is 0 Å². The van der Waals surface area contributed by atoms with Crippen LogP contribution in [-0.4, -0.2) is 72.3 Å². The minimum Gasteiger partial charge on any atom is -0.376 e. The van der Waals surface area contributed by atoms with Gasteiger partial charge in [-0.15, -0.1) is 0 Å². The Morgan fingerprint density at radius 2 is 1.06 bits per heavy atom. The summed E-state index contributed by atoms with van der Waals surface area (Å²) in [5.41, 5.74) is -15.8. The van der Waals surface area contributed by atoms with Gasteiger partial charge in [0.15, 0.2) is 46.8 Å². The second-order valence-corrected chi connectivity index (χ2v) is 4.27. The Morgan fingerprint density at radius 1 is 0.778 bits per heavy atom. The third-order valence-electron chi connectivity index (χ3n) is 2.48. The fourth-order valence-electron chi connectivity index (χ4n) is 1.16. The number of halogens is 2. The van der Waals surface area contributed by atoms with Crippen LogP contribution >= 0.6 is 23.2 Å². The van der Waals surface area contributed by atoms with Gasteiger partial charge >= 0.3 is 0 Å². The average Bonchev–Trinajstić information content (AvgIpc) is 2.34. The molecule has 0 bridgehead atoms. The zero-order valence-corrected chi connectivity index (χ0v) is 10.1. The van der Waals surface area contributed by atoms with E-state index in [-0.39, 0.29) is 0 Å². The zero-order chi connectivity index (χ0) is 14.8. The van der Waals surface area contributed by atoms with E-state index >= 15 is 0 Å². The van der Waals surface area contributed by atoms with Crippen LogP contribution in [0.15, 0.2) is 0 Å². The Bertz CT molecular complexity index is 320. The van der Waals surface area contributed by atoms with Gasteiger partial charge in [0.25, 0.3) is 0 Å². The number of alkyl halides is 2. The maximum Gasteiger partial charge on any atom is 0.199 e. The van der Waals surface area contributed by atoms with Crippen LogP contribution in [0.5, 0.6) is 0 Å². The van der Waals surface area contributed by atoms with Crippen molar-refractivity contribution in [1.29, 1.82) is 0 Å². The number of rotatable bonds is 7. The number of carbonyl (C=O) groups is 3. The molecule has 0 spiro atoms. The van der Waals surface area contributed by atoms with Gasteiger partial charge in [0.1, 0.15) is 0 Å². The molecule has 0 heterocycles. The van der Waals surface area contributed by atoms with Crippen LogP contribution in [0, 0.1) is 0 Å². The van der Waals surface area contributed by atoms with Crippen LogP contribution in [0.2, 0.25) is 0 Å². The summed E-state index contributed by atoms with van der Waals surface area (Å²) in [6, 6.07) is 0. The Labute approximate surface area is 110 Å².